The first-order valence-corrected chi connectivity index (χ1v) is 6.70. The molecule has 5 heteroatoms. The second-order valence-electron chi connectivity index (χ2n) is 4.80. The molecule has 2 N–H and O–H groups in total. The van der Waals surface area contributed by atoms with Crippen molar-refractivity contribution in [3.63, 3.8) is 0 Å². The van der Waals surface area contributed by atoms with Gasteiger partial charge in [0, 0.05) is 6.54 Å². The zero-order chi connectivity index (χ0) is 13.1. The molecule has 0 bridgehead atoms. The molecule has 1 fully saturated rings. The van der Waals surface area contributed by atoms with Crippen LogP contribution in [0.15, 0.2) is 24.3 Å². The Balaban J connectivity index is 1.72. The number of benzene rings is 1. The normalized spacial score (nSPS) is 16.0. The van der Waals surface area contributed by atoms with E-state index in [-0.39, 0.29) is 5.95 Å². The van der Waals surface area contributed by atoms with E-state index in [0.717, 1.165) is 17.4 Å². The second kappa shape index (κ2) is 5.40. The molecule has 0 amide bonds. The maximum Gasteiger partial charge on any atom is 0.226 e. The fraction of sp³-hybridized carbons (Fsp3) is 0.429. The highest BCUT2D eigenvalue weighted by atomic mass is 16.5. The zero-order valence-electron chi connectivity index (χ0n) is 10.9. The van der Waals surface area contributed by atoms with Crippen LogP contribution in [0.1, 0.15) is 12.8 Å². The molecule has 0 saturated carbocycles. The molecule has 1 aromatic heterocycles. The molecule has 1 saturated heterocycles. The molecule has 2 aromatic rings. The van der Waals surface area contributed by atoms with E-state index in [2.05, 4.69) is 14.9 Å². The minimum atomic E-state index is 0.259. The molecule has 3 rings (SSSR count). The predicted octanol–water partition coefficient (Wildman–Crippen LogP) is 1.69. The minimum Gasteiger partial charge on any atom is -0.476 e. The summed E-state index contributed by atoms with van der Waals surface area (Å²) in [7, 11) is 0. The van der Waals surface area contributed by atoms with Crippen LogP contribution in [0.3, 0.4) is 0 Å². The molecule has 0 aliphatic carbocycles. The van der Waals surface area contributed by atoms with Crippen LogP contribution in [-0.4, -0.2) is 41.1 Å². The monoisotopic (exact) mass is 258 g/mol. The summed E-state index contributed by atoms with van der Waals surface area (Å²) in [6, 6.07) is 7.76. The van der Waals surface area contributed by atoms with Gasteiger partial charge in [-0.2, -0.15) is 4.98 Å². The molecule has 0 unspecified atom stereocenters. The van der Waals surface area contributed by atoms with Crippen LogP contribution in [0.4, 0.5) is 5.95 Å². The third kappa shape index (κ3) is 2.76. The quantitative estimate of drug-likeness (QED) is 0.904. The molecule has 1 aliphatic heterocycles. The number of nitrogens with zero attached hydrogens (tertiary/aromatic N) is 3. The van der Waals surface area contributed by atoms with Gasteiger partial charge in [0.2, 0.25) is 11.8 Å². The first-order chi connectivity index (χ1) is 9.33. The lowest BCUT2D eigenvalue weighted by atomic mass is 10.2. The van der Waals surface area contributed by atoms with Gasteiger partial charge >= 0.3 is 0 Å². The van der Waals surface area contributed by atoms with Crippen LogP contribution in [0.2, 0.25) is 0 Å². The van der Waals surface area contributed by atoms with Gasteiger partial charge in [-0.05, 0) is 38.1 Å². The molecular weight excluding hydrogens is 240 g/mol. The van der Waals surface area contributed by atoms with Gasteiger partial charge in [0.15, 0.2) is 0 Å². The summed E-state index contributed by atoms with van der Waals surface area (Å²) in [6.45, 7) is 3.94. The minimum absolute atomic E-state index is 0.259. The van der Waals surface area contributed by atoms with E-state index in [4.69, 9.17) is 10.5 Å². The maximum atomic E-state index is 5.79. The average Bonchev–Trinajstić information content (AvgIpc) is 2.91. The van der Waals surface area contributed by atoms with Crippen molar-refractivity contribution in [2.45, 2.75) is 12.8 Å². The summed E-state index contributed by atoms with van der Waals surface area (Å²) >= 11 is 0. The number of ether oxygens (including phenoxy) is 1. The van der Waals surface area contributed by atoms with Crippen LogP contribution in [0, 0.1) is 0 Å². The molecule has 5 nitrogen and oxygen atoms in total. The third-order valence-corrected chi connectivity index (χ3v) is 3.43. The van der Waals surface area contributed by atoms with Crippen LogP contribution in [-0.2, 0) is 0 Å². The highest BCUT2D eigenvalue weighted by Crippen LogP contribution is 2.22. The Morgan fingerprint density at radius 3 is 2.79 bits per heavy atom. The Kier molecular flexibility index (Phi) is 3.46. The van der Waals surface area contributed by atoms with Crippen molar-refractivity contribution in [3.05, 3.63) is 24.3 Å². The largest absolute Gasteiger partial charge is 0.476 e. The number of nitrogen functional groups attached to an aromatic ring is 1. The number of rotatable bonds is 4. The van der Waals surface area contributed by atoms with E-state index >= 15 is 0 Å². The SMILES string of the molecule is Nc1nc(OCCN2CCCC2)c2ccccc2n1. The van der Waals surface area contributed by atoms with Crippen molar-refractivity contribution in [2.75, 3.05) is 32.0 Å². The molecule has 0 spiro atoms. The van der Waals surface area contributed by atoms with Crippen molar-refractivity contribution in [2.24, 2.45) is 0 Å². The van der Waals surface area contributed by atoms with Gasteiger partial charge in [-0.25, -0.2) is 4.98 Å². The third-order valence-electron chi connectivity index (χ3n) is 3.43. The Morgan fingerprint density at radius 1 is 1.16 bits per heavy atom. The number of hydrogen-bond donors (Lipinski definition) is 1. The average molecular weight is 258 g/mol. The summed E-state index contributed by atoms with van der Waals surface area (Å²) < 4.78 is 5.79. The van der Waals surface area contributed by atoms with Crippen LogP contribution in [0.25, 0.3) is 10.9 Å². The number of hydrogen-bond acceptors (Lipinski definition) is 5. The molecule has 1 aromatic carbocycles. The van der Waals surface area contributed by atoms with E-state index in [1.807, 2.05) is 24.3 Å². The summed E-state index contributed by atoms with van der Waals surface area (Å²) in [5.41, 5.74) is 6.53. The van der Waals surface area contributed by atoms with Gasteiger partial charge in [0.1, 0.15) is 6.61 Å². The van der Waals surface area contributed by atoms with E-state index < -0.39 is 0 Å². The van der Waals surface area contributed by atoms with Crippen LogP contribution >= 0.6 is 0 Å². The Bertz CT molecular complexity index is 566. The molecule has 2 heterocycles. The molecule has 0 atom stereocenters. The van der Waals surface area contributed by atoms with Crippen molar-refractivity contribution < 1.29 is 4.74 Å². The van der Waals surface area contributed by atoms with Gasteiger partial charge < -0.3 is 10.5 Å². The van der Waals surface area contributed by atoms with Gasteiger partial charge in [0.25, 0.3) is 0 Å². The highest BCUT2D eigenvalue weighted by Gasteiger charge is 2.12. The number of aromatic nitrogens is 2. The summed E-state index contributed by atoms with van der Waals surface area (Å²) in [6.07, 6.45) is 2.59. The Morgan fingerprint density at radius 2 is 1.95 bits per heavy atom. The number of fused-ring (bicyclic) bond motifs is 1. The lowest BCUT2D eigenvalue weighted by Crippen LogP contribution is -2.25. The van der Waals surface area contributed by atoms with Crippen LogP contribution < -0.4 is 10.5 Å². The van der Waals surface area contributed by atoms with Gasteiger partial charge in [0.05, 0.1) is 10.9 Å². The van der Waals surface area contributed by atoms with E-state index in [1.165, 1.54) is 25.9 Å². The lowest BCUT2D eigenvalue weighted by molar-refractivity contribution is 0.234. The van der Waals surface area contributed by atoms with Gasteiger partial charge in [-0.1, -0.05) is 12.1 Å². The smallest absolute Gasteiger partial charge is 0.226 e. The number of likely N-dealkylation sites (tertiary alicyclic amines) is 1. The molecule has 100 valence electrons. The fourth-order valence-corrected chi connectivity index (χ4v) is 2.45. The van der Waals surface area contributed by atoms with Crippen LogP contribution in [0.5, 0.6) is 5.88 Å². The number of para-hydroxylation sites is 1. The standard InChI is InChI=1S/C14H18N4O/c15-14-16-12-6-2-1-5-11(12)13(17-14)19-10-9-18-7-3-4-8-18/h1-2,5-6H,3-4,7-10H2,(H2,15,16,17). The number of anilines is 1. The first kappa shape index (κ1) is 12.2. The zero-order valence-corrected chi connectivity index (χ0v) is 10.9. The predicted molar refractivity (Wildman–Crippen MR) is 75.1 cm³/mol. The maximum absolute atomic E-state index is 5.79. The van der Waals surface area contributed by atoms with E-state index in [9.17, 15) is 0 Å². The molecule has 1 aliphatic rings. The number of nitrogens with two attached hydrogens (primary N) is 1. The summed E-state index contributed by atoms with van der Waals surface area (Å²) in [5.74, 6) is 0.845. The molecular formula is C14H18N4O. The summed E-state index contributed by atoms with van der Waals surface area (Å²) in [4.78, 5) is 10.8. The van der Waals surface area contributed by atoms with Crippen molar-refractivity contribution in [1.29, 1.82) is 0 Å². The van der Waals surface area contributed by atoms with Crippen molar-refractivity contribution >= 4 is 16.9 Å². The molecule has 0 radical (unpaired) electrons. The Hall–Kier alpha value is -1.88. The molecule has 19 heavy (non-hydrogen) atoms. The van der Waals surface area contributed by atoms with Gasteiger partial charge in [-0.15, -0.1) is 0 Å². The topological polar surface area (TPSA) is 64.3 Å². The first-order valence-electron chi connectivity index (χ1n) is 6.70. The highest BCUT2D eigenvalue weighted by molar-refractivity contribution is 5.84. The van der Waals surface area contributed by atoms with E-state index in [1.54, 1.807) is 0 Å². The van der Waals surface area contributed by atoms with Gasteiger partial charge in [-0.3, -0.25) is 4.90 Å². The van der Waals surface area contributed by atoms with Crippen molar-refractivity contribution in [3.8, 4) is 5.88 Å². The lowest BCUT2D eigenvalue weighted by Gasteiger charge is -2.15. The fourth-order valence-electron chi connectivity index (χ4n) is 2.45. The second-order valence-corrected chi connectivity index (χ2v) is 4.80. The Labute approximate surface area is 112 Å². The van der Waals surface area contributed by atoms with E-state index in [0.29, 0.717) is 12.5 Å². The van der Waals surface area contributed by atoms with Crippen molar-refractivity contribution in [1.82, 2.24) is 14.9 Å². The summed E-state index contributed by atoms with van der Waals surface area (Å²) in [5, 5.41) is 0.915.